The van der Waals surface area contributed by atoms with Crippen molar-refractivity contribution in [1.29, 1.82) is 0 Å². The number of hydrogen-bond acceptors (Lipinski definition) is 3. The maximum atomic E-state index is 9.36. The molecule has 0 fully saturated rings. The Bertz CT molecular complexity index is 307. The molecule has 1 unspecified atom stereocenters. The summed E-state index contributed by atoms with van der Waals surface area (Å²) in [6, 6.07) is 0. The predicted octanol–water partition coefficient (Wildman–Crippen LogP) is 0.289. The van der Waals surface area contributed by atoms with E-state index in [2.05, 4.69) is 5.10 Å². The van der Waals surface area contributed by atoms with E-state index in [0.29, 0.717) is 13.0 Å². The second-order valence-corrected chi connectivity index (χ2v) is 3.70. The number of aliphatic hydroxyl groups is 1. The Morgan fingerprint density at radius 3 is 2.57 bits per heavy atom. The van der Waals surface area contributed by atoms with Gasteiger partial charge >= 0.3 is 0 Å². The first-order chi connectivity index (χ1) is 6.56. The summed E-state index contributed by atoms with van der Waals surface area (Å²) in [5.74, 6) is 0. The fourth-order valence-electron chi connectivity index (χ4n) is 1.61. The molecule has 0 aromatic carbocycles. The number of nitrogens with zero attached hydrogens (tertiary/aromatic N) is 2. The molecule has 3 N–H and O–H groups in total. The van der Waals surface area contributed by atoms with Crippen LogP contribution in [0.3, 0.4) is 0 Å². The highest BCUT2D eigenvalue weighted by molar-refractivity contribution is 5.24. The minimum atomic E-state index is -0.394. The second-order valence-electron chi connectivity index (χ2n) is 3.70. The molecule has 1 atom stereocenters. The summed E-state index contributed by atoms with van der Waals surface area (Å²) < 4.78 is 1.87. The molecule has 0 aliphatic heterocycles. The van der Waals surface area contributed by atoms with Gasteiger partial charge in [-0.25, -0.2) is 0 Å². The first-order valence-electron chi connectivity index (χ1n) is 4.93. The molecule has 0 saturated carbocycles. The standard InChI is InChI=1S/C10H19N3O/c1-7-10(5-4-9(14)6-11)8(2)13(3)12-7/h9,14H,4-6,11H2,1-3H3. The monoisotopic (exact) mass is 197 g/mol. The normalized spacial score (nSPS) is 13.2. The lowest BCUT2D eigenvalue weighted by Gasteiger charge is -2.07. The Kier molecular flexibility index (Phi) is 3.66. The van der Waals surface area contributed by atoms with Crippen molar-refractivity contribution in [2.24, 2.45) is 12.8 Å². The molecule has 0 spiro atoms. The minimum Gasteiger partial charge on any atom is -0.392 e. The van der Waals surface area contributed by atoms with Crippen molar-refractivity contribution in [2.75, 3.05) is 6.54 Å². The number of hydrogen-bond donors (Lipinski definition) is 2. The van der Waals surface area contributed by atoms with Gasteiger partial charge in [0.2, 0.25) is 0 Å². The molecule has 0 aliphatic carbocycles. The smallest absolute Gasteiger partial charge is 0.0665 e. The van der Waals surface area contributed by atoms with Crippen LogP contribution in [-0.2, 0) is 13.5 Å². The molecule has 0 aliphatic rings. The lowest BCUT2D eigenvalue weighted by molar-refractivity contribution is 0.173. The lowest BCUT2D eigenvalue weighted by atomic mass is 10.1. The van der Waals surface area contributed by atoms with Gasteiger partial charge in [-0.2, -0.15) is 5.10 Å². The summed E-state index contributed by atoms with van der Waals surface area (Å²) in [6.45, 7) is 4.37. The molecular formula is C10H19N3O. The van der Waals surface area contributed by atoms with E-state index in [0.717, 1.165) is 12.1 Å². The van der Waals surface area contributed by atoms with E-state index < -0.39 is 6.10 Å². The maximum absolute atomic E-state index is 9.36. The van der Waals surface area contributed by atoms with Crippen molar-refractivity contribution >= 4 is 0 Å². The summed E-state index contributed by atoms with van der Waals surface area (Å²) in [5.41, 5.74) is 8.81. The number of aromatic nitrogens is 2. The molecule has 80 valence electrons. The van der Waals surface area contributed by atoms with Crippen LogP contribution < -0.4 is 5.73 Å². The van der Waals surface area contributed by atoms with E-state index in [4.69, 9.17) is 5.73 Å². The molecule has 0 bridgehead atoms. The first-order valence-corrected chi connectivity index (χ1v) is 4.93. The van der Waals surface area contributed by atoms with Crippen LogP contribution >= 0.6 is 0 Å². The third-order valence-corrected chi connectivity index (χ3v) is 2.66. The Hall–Kier alpha value is -0.870. The van der Waals surface area contributed by atoms with Crippen LogP contribution in [0.25, 0.3) is 0 Å². The van der Waals surface area contributed by atoms with Crippen molar-refractivity contribution in [3.63, 3.8) is 0 Å². The van der Waals surface area contributed by atoms with Crippen LogP contribution in [0.5, 0.6) is 0 Å². The van der Waals surface area contributed by atoms with Crippen LogP contribution in [0.4, 0.5) is 0 Å². The molecule has 14 heavy (non-hydrogen) atoms. The summed E-state index contributed by atoms with van der Waals surface area (Å²) >= 11 is 0. The average molecular weight is 197 g/mol. The van der Waals surface area contributed by atoms with Crippen LogP contribution in [0, 0.1) is 13.8 Å². The van der Waals surface area contributed by atoms with Gasteiger partial charge in [0.05, 0.1) is 11.8 Å². The number of rotatable bonds is 4. The Morgan fingerprint density at radius 2 is 2.14 bits per heavy atom. The van der Waals surface area contributed by atoms with Gasteiger partial charge in [0.25, 0.3) is 0 Å². The Labute approximate surface area is 84.7 Å². The van der Waals surface area contributed by atoms with E-state index in [-0.39, 0.29) is 0 Å². The lowest BCUT2D eigenvalue weighted by Crippen LogP contribution is -2.20. The molecule has 1 aromatic heterocycles. The van der Waals surface area contributed by atoms with Crippen molar-refractivity contribution in [2.45, 2.75) is 32.8 Å². The molecule has 1 rings (SSSR count). The first kappa shape index (κ1) is 11.2. The van der Waals surface area contributed by atoms with Gasteiger partial charge in [0, 0.05) is 19.3 Å². The summed E-state index contributed by atoms with van der Waals surface area (Å²) in [5, 5.41) is 13.7. The van der Waals surface area contributed by atoms with E-state index in [1.54, 1.807) is 0 Å². The average Bonchev–Trinajstić information content (AvgIpc) is 2.39. The molecule has 4 nitrogen and oxygen atoms in total. The number of aliphatic hydroxyl groups excluding tert-OH is 1. The highest BCUT2D eigenvalue weighted by atomic mass is 16.3. The predicted molar refractivity (Wildman–Crippen MR) is 56.1 cm³/mol. The third-order valence-electron chi connectivity index (χ3n) is 2.66. The zero-order valence-electron chi connectivity index (χ0n) is 9.12. The highest BCUT2D eigenvalue weighted by Gasteiger charge is 2.10. The fourth-order valence-corrected chi connectivity index (χ4v) is 1.61. The van der Waals surface area contributed by atoms with E-state index in [9.17, 15) is 5.11 Å². The molecule has 0 amide bonds. The molecule has 0 saturated heterocycles. The van der Waals surface area contributed by atoms with Crippen LogP contribution in [0.15, 0.2) is 0 Å². The van der Waals surface area contributed by atoms with Gasteiger partial charge in [-0.3, -0.25) is 4.68 Å². The highest BCUT2D eigenvalue weighted by Crippen LogP contribution is 2.14. The Balaban J connectivity index is 2.67. The van der Waals surface area contributed by atoms with Crippen LogP contribution in [-0.4, -0.2) is 27.5 Å². The van der Waals surface area contributed by atoms with Crippen molar-refractivity contribution in [3.8, 4) is 0 Å². The van der Waals surface area contributed by atoms with E-state index in [1.807, 2.05) is 25.6 Å². The molecular weight excluding hydrogens is 178 g/mol. The zero-order valence-corrected chi connectivity index (χ0v) is 9.12. The Morgan fingerprint density at radius 1 is 1.50 bits per heavy atom. The van der Waals surface area contributed by atoms with E-state index >= 15 is 0 Å². The minimum absolute atomic E-state index is 0.332. The molecule has 1 heterocycles. The van der Waals surface area contributed by atoms with Gasteiger partial charge in [-0.15, -0.1) is 0 Å². The van der Waals surface area contributed by atoms with Crippen molar-refractivity contribution < 1.29 is 5.11 Å². The SMILES string of the molecule is Cc1nn(C)c(C)c1CCC(O)CN. The van der Waals surface area contributed by atoms with Crippen molar-refractivity contribution in [3.05, 3.63) is 17.0 Å². The summed E-state index contributed by atoms with van der Waals surface area (Å²) in [6.07, 6.45) is 1.17. The topological polar surface area (TPSA) is 64.1 Å². The van der Waals surface area contributed by atoms with Gasteiger partial charge in [-0.1, -0.05) is 0 Å². The fraction of sp³-hybridized carbons (Fsp3) is 0.700. The van der Waals surface area contributed by atoms with Gasteiger partial charge in [-0.05, 0) is 32.3 Å². The van der Waals surface area contributed by atoms with Gasteiger partial charge in [0.15, 0.2) is 0 Å². The second kappa shape index (κ2) is 4.57. The maximum Gasteiger partial charge on any atom is 0.0665 e. The number of aryl methyl sites for hydroxylation is 2. The molecule has 4 heteroatoms. The largest absolute Gasteiger partial charge is 0.392 e. The third kappa shape index (κ3) is 2.33. The zero-order chi connectivity index (χ0) is 10.7. The summed E-state index contributed by atoms with van der Waals surface area (Å²) in [7, 11) is 1.94. The molecule has 0 radical (unpaired) electrons. The van der Waals surface area contributed by atoms with Crippen molar-refractivity contribution in [1.82, 2.24) is 9.78 Å². The number of nitrogens with two attached hydrogens (primary N) is 1. The van der Waals surface area contributed by atoms with Gasteiger partial charge < -0.3 is 10.8 Å². The van der Waals surface area contributed by atoms with Gasteiger partial charge in [0.1, 0.15) is 0 Å². The van der Waals surface area contributed by atoms with Crippen LogP contribution in [0.2, 0.25) is 0 Å². The summed E-state index contributed by atoms with van der Waals surface area (Å²) in [4.78, 5) is 0. The van der Waals surface area contributed by atoms with Crippen LogP contribution in [0.1, 0.15) is 23.4 Å². The molecule has 1 aromatic rings. The van der Waals surface area contributed by atoms with E-state index in [1.165, 1.54) is 11.3 Å². The quantitative estimate of drug-likeness (QED) is 0.729.